The molecule has 0 bridgehead atoms. The summed E-state index contributed by atoms with van der Waals surface area (Å²) in [6, 6.07) is 22.6. The highest BCUT2D eigenvalue weighted by Gasteiger charge is 2.26. The summed E-state index contributed by atoms with van der Waals surface area (Å²) in [6.45, 7) is 6.92. The molecule has 0 fully saturated rings. The molecule has 0 heterocycles. The van der Waals surface area contributed by atoms with Crippen LogP contribution in [0.3, 0.4) is 0 Å². The first kappa shape index (κ1) is 23.8. The third kappa shape index (κ3) is 6.35. The zero-order valence-corrected chi connectivity index (χ0v) is 19.6. The summed E-state index contributed by atoms with van der Waals surface area (Å²) in [6.07, 6.45) is 4.38. The number of fused-ring (bicyclic) bond motifs is 1. The third-order valence-corrected chi connectivity index (χ3v) is 6.48. The Balaban J connectivity index is 1.79. The Morgan fingerprint density at radius 2 is 1.59 bits per heavy atom. The number of carbonyl (C=O) groups excluding carboxylic acids is 1. The Morgan fingerprint density at radius 1 is 0.906 bits per heavy atom. The van der Waals surface area contributed by atoms with Crippen molar-refractivity contribution >= 4 is 16.7 Å². The van der Waals surface area contributed by atoms with Crippen LogP contribution in [0.5, 0.6) is 5.75 Å². The molecule has 0 aliphatic rings. The van der Waals surface area contributed by atoms with Gasteiger partial charge in [0.2, 0.25) is 0 Å². The lowest BCUT2D eigenvalue weighted by Crippen LogP contribution is -2.21. The first-order chi connectivity index (χ1) is 15.5. The fraction of sp³-hybridized carbons (Fsp3) is 0.414. The number of unbranched alkanes of at least 4 members (excludes halogenated alkanes) is 1. The van der Waals surface area contributed by atoms with E-state index in [1.54, 1.807) is 12.1 Å². The summed E-state index contributed by atoms with van der Waals surface area (Å²) in [5.41, 5.74) is 2.47. The number of carbonyl (C=O) groups is 1. The Bertz CT molecular complexity index is 993. The molecule has 170 valence electrons. The number of phenols is 1. The highest BCUT2D eigenvalue weighted by molar-refractivity contribution is 5.83. The molecular formula is C29H36O3. The van der Waals surface area contributed by atoms with Crippen molar-refractivity contribution in [2.45, 2.75) is 64.7 Å². The largest absolute Gasteiger partial charge is 0.508 e. The van der Waals surface area contributed by atoms with E-state index in [2.05, 4.69) is 63.2 Å². The van der Waals surface area contributed by atoms with Gasteiger partial charge in [-0.25, -0.2) is 0 Å². The second-order valence-electron chi connectivity index (χ2n) is 8.89. The minimum atomic E-state index is -0.116. The molecule has 0 aromatic heterocycles. The summed E-state index contributed by atoms with van der Waals surface area (Å²) < 4.78 is 5.55. The first-order valence-corrected chi connectivity index (χ1v) is 12.0. The maximum absolute atomic E-state index is 12.7. The smallest absolute Gasteiger partial charge is 0.308 e. The van der Waals surface area contributed by atoms with E-state index >= 15 is 0 Å². The predicted molar refractivity (Wildman–Crippen MR) is 132 cm³/mol. The number of aromatic hydroxyl groups is 1. The maximum atomic E-state index is 12.7. The van der Waals surface area contributed by atoms with Gasteiger partial charge in [0.25, 0.3) is 0 Å². The number of hydrogen-bond acceptors (Lipinski definition) is 3. The van der Waals surface area contributed by atoms with Gasteiger partial charge in [0.05, 0.1) is 12.5 Å². The normalized spacial score (nSPS) is 14.1. The number of rotatable bonds is 11. The molecule has 0 spiro atoms. The Morgan fingerprint density at radius 3 is 2.28 bits per heavy atom. The molecule has 32 heavy (non-hydrogen) atoms. The van der Waals surface area contributed by atoms with E-state index in [1.165, 1.54) is 16.3 Å². The van der Waals surface area contributed by atoms with Gasteiger partial charge in [-0.3, -0.25) is 4.79 Å². The molecule has 3 aromatic carbocycles. The summed E-state index contributed by atoms with van der Waals surface area (Å²) in [7, 11) is 0. The van der Waals surface area contributed by atoms with E-state index in [9.17, 15) is 9.90 Å². The maximum Gasteiger partial charge on any atom is 0.308 e. The SMILES string of the molecule is CCCCOC(=O)C(CC)CC(CC(C)c1ccc2ccccc2c1)c1ccc(O)cc1. The van der Waals surface area contributed by atoms with Gasteiger partial charge in [-0.2, -0.15) is 0 Å². The van der Waals surface area contributed by atoms with E-state index in [1.807, 2.05) is 12.1 Å². The molecule has 3 rings (SSSR count). The Labute approximate surface area is 192 Å². The molecule has 0 saturated heterocycles. The van der Waals surface area contributed by atoms with Gasteiger partial charge in [0.1, 0.15) is 5.75 Å². The lowest BCUT2D eigenvalue weighted by molar-refractivity contribution is -0.149. The Kier molecular flexibility index (Phi) is 8.72. The van der Waals surface area contributed by atoms with Gasteiger partial charge in [-0.1, -0.05) is 81.8 Å². The number of benzene rings is 3. The van der Waals surface area contributed by atoms with Gasteiger partial charge < -0.3 is 9.84 Å². The van der Waals surface area contributed by atoms with Crippen molar-refractivity contribution in [3.63, 3.8) is 0 Å². The number of esters is 1. The molecule has 3 nitrogen and oxygen atoms in total. The lowest BCUT2D eigenvalue weighted by Gasteiger charge is -2.25. The van der Waals surface area contributed by atoms with Crippen molar-refractivity contribution in [3.05, 3.63) is 77.9 Å². The monoisotopic (exact) mass is 432 g/mol. The van der Waals surface area contributed by atoms with Crippen LogP contribution in [0.15, 0.2) is 66.7 Å². The average molecular weight is 433 g/mol. The molecule has 3 heteroatoms. The van der Waals surface area contributed by atoms with Crippen LogP contribution >= 0.6 is 0 Å². The zero-order valence-electron chi connectivity index (χ0n) is 19.6. The molecular weight excluding hydrogens is 396 g/mol. The van der Waals surface area contributed by atoms with Crippen LogP contribution in [0.2, 0.25) is 0 Å². The van der Waals surface area contributed by atoms with Crippen molar-refractivity contribution in [2.24, 2.45) is 5.92 Å². The third-order valence-electron chi connectivity index (χ3n) is 6.48. The van der Waals surface area contributed by atoms with Crippen LogP contribution in [0.4, 0.5) is 0 Å². The van der Waals surface area contributed by atoms with E-state index in [0.29, 0.717) is 12.5 Å². The van der Waals surface area contributed by atoms with Crippen LogP contribution < -0.4 is 0 Å². The van der Waals surface area contributed by atoms with Crippen molar-refractivity contribution in [1.29, 1.82) is 0 Å². The van der Waals surface area contributed by atoms with E-state index in [-0.39, 0.29) is 23.6 Å². The van der Waals surface area contributed by atoms with E-state index in [0.717, 1.165) is 37.7 Å². The van der Waals surface area contributed by atoms with Crippen LogP contribution in [-0.4, -0.2) is 17.7 Å². The summed E-state index contributed by atoms with van der Waals surface area (Å²) in [5.74, 6) is 0.617. The van der Waals surface area contributed by atoms with Crippen LogP contribution in [0.1, 0.15) is 75.8 Å². The highest BCUT2D eigenvalue weighted by atomic mass is 16.5. The van der Waals surface area contributed by atoms with Gasteiger partial charge in [-0.05, 0) is 71.6 Å². The first-order valence-electron chi connectivity index (χ1n) is 12.0. The summed E-state index contributed by atoms with van der Waals surface area (Å²) in [5, 5.41) is 12.3. The number of hydrogen-bond donors (Lipinski definition) is 1. The molecule has 0 radical (unpaired) electrons. The fourth-order valence-electron chi connectivity index (χ4n) is 4.40. The molecule has 0 aliphatic heterocycles. The van der Waals surface area contributed by atoms with Crippen LogP contribution in [0, 0.1) is 5.92 Å². The number of phenolic OH excluding ortho intramolecular Hbond substituents is 1. The van der Waals surface area contributed by atoms with Gasteiger partial charge >= 0.3 is 5.97 Å². The molecule has 0 saturated carbocycles. The van der Waals surface area contributed by atoms with E-state index < -0.39 is 0 Å². The van der Waals surface area contributed by atoms with Gasteiger partial charge in [-0.15, -0.1) is 0 Å². The van der Waals surface area contributed by atoms with Crippen molar-refractivity contribution in [1.82, 2.24) is 0 Å². The summed E-state index contributed by atoms with van der Waals surface area (Å²) >= 11 is 0. The predicted octanol–water partition coefficient (Wildman–Crippen LogP) is 7.58. The average Bonchev–Trinajstić information content (AvgIpc) is 2.82. The second-order valence-corrected chi connectivity index (χ2v) is 8.89. The molecule has 0 amide bonds. The standard InChI is InChI=1S/C29H36O3/c1-4-6-17-32-29(31)22(5-2)19-27(24-13-15-28(30)16-14-24)18-21(3)25-12-11-23-9-7-8-10-26(23)20-25/h7-16,20-22,27,30H,4-6,17-19H2,1-3H3. The zero-order chi connectivity index (χ0) is 22.9. The lowest BCUT2D eigenvalue weighted by atomic mass is 9.80. The fourth-order valence-corrected chi connectivity index (χ4v) is 4.40. The van der Waals surface area contributed by atoms with E-state index in [4.69, 9.17) is 4.74 Å². The van der Waals surface area contributed by atoms with Crippen molar-refractivity contribution in [3.8, 4) is 5.75 Å². The molecule has 0 aliphatic carbocycles. The minimum Gasteiger partial charge on any atom is -0.508 e. The van der Waals surface area contributed by atoms with Crippen molar-refractivity contribution in [2.75, 3.05) is 6.61 Å². The highest BCUT2D eigenvalue weighted by Crippen LogP contribution is 2.36. The van der Waals surface area contributed by atoms with Crippen LogP contribution in [0.25, 0.3) is 10.8 Å². The Hall–Kier alpha value is -2.81. The van der Waals surface area contributed by atoms with Gasteiger partial charge in [0.15, 0.2) is 0 Å². The molecule has 3 unspecified atom stereocenters. The molecule has 3 aromatic rings. The van der Waals surface area contributed by atoms with Gasteiger partial charge in [0, 0.05) is 0 Å². The molecule has 1 N–H and O–H groups in total. The van der Waals surface area contributed by atoms with Crippen LogP contribution in [-0.2, 0) is 9.53 Å². The summed E-state index contributed by atoms with van der Waals surface area (Å²) in [4.78, 5) is 12.7. The van der Waals surface area contributed by atoms with Crippen molar-refractivity contribution < 1.29 is 14.6 Å². The molecule has 3 atom stereocenters. The topological polar surface area (TPSA) is 46.5 Å². The number of ether oxygens (including phenoxy) is 1. The minimum absolute atomic E-state index is 0.0805. The second kappa shape index (κ2) is 11.7. The quantitative estimate of drug-likeness (QED) is 0.251.